The van der Waals surface area contributed by atoms with Crippen LogP contribution in [-0.2, 0) is 0 Å². The fourth-order valence-corrected chi connectivity index (χ4v) is 4.61. The maximum absolute atomic E-state index is 13.4. The molecule has 4 rings (SSSR count). The van der Waals surface area contributed by atoms with E-state index >= 15 is 0 Å². The highest BCUT2D eigenvalue weighted by molar-refractivity contribution is 6.00. The van der Waals surface area contributed by atoms with E-state index in [0.29, 0.717) is 29.2 Å². The lowest BCUT2D eigenvalue weighted by molar-refractivity contribution is 0.0740. The normalized spacial score (nSPS) is 15.3. The Morgan fingerprint density at radius 3 is 2.59 bits per heavy atom. The van der Waals surface area contributed by atoms with E-state index in [1.807, 2.05) is 24.8 Å². The summed E-state index contributed by atoms with van der Waals surface area (Å²) in [6.45, 7) is 6.58. The summed E-state index contributed by atoms with van der Waals surface area (Å²) in [7, 11) is 1.50. The number of carbonyl (C=O) groups excluding carboxylic acids is 1. The molecule has 1 unspecified atom stereocenters. The number of rotatable bonds is 7. The summed E-state index contributed by atoms with van der Waals surface area (Å²) in [4.78, 5) is 15.2. The number of fused-ring (bicyclic) bond motifs is 1. The first kappa shape index (κ1) is 21.7. The second kappa shape index (κ2) is 8.57. The summed E-state index contributed by atoms with van der Waals surface area (Å²) >= 11 is 0. The van der Waals surface area contributed by atoms with Gasteiger partial charge in [0.05, 0.1) is 13.2 Å². The summed E-state index contributed by atoms with van der Waals surface area (Å²) in [5.41, 5.74) is 5.01. The van der Waals surface area contributed by atoms with E-state index in [9.17, 15) is 15.0 Å². The van der Waals surface area contributed by atoms with Gasteiger partial charge < -0.3 is 19.8 Å². The van der Waals surface area contributed by atoms with Gasteiger partial charge in [-0.15, -0.1) is 0 Å². The molecule has 1 amide bonds. The molecule has 1 aromatic heterocycles. The average Bonchev–Trinajstić information content (AvgIpc) is 3.28. The third kappa shape index (κ3) is 3.57. The van der Waals surface area contributed by atoms with Crippen molar-refractivity contribution in [2.75, 3.05) is 13.7 Å². The second-order valence-corrected chi connectivity index (χ2v) is 8.38. The number of unbranched alkanes of at least 4 members (excludes halogenated alkanes) is 2. The second-order valence-electron chi connectivity index (χ2n) is 8.38. The first-order chi connectivity index (χ1) is 15.4. The smallest absolute Gasteiger partial charge is 0.273 e. The van der Waals surface area contributed by atoms with E-state index in [-0.39, 0.29) is 17.4 Å². The average molecular weight is 436 g/mol. The number of aromatic nitrogens is 2. The molecule has 32 heavy (non-hydrogen) atoms. The van der Waals surface area contributed by atoms with Crippen LogP contribution in [0.4, 0.5) is 0 Å². The standard InChI is InChI=1S/C25H29N3O4/c1-5-6-7-10-28-24(16-8-9-17(29)19(13-16)32-4)21-22(26-27-23(21)25(28)31)20-15(3)11-14(2)12-18(20)30/h8-9,11-13,24,29-30H,5-7,10H2,1-4H3,(H,26,27). The first-order valence-corrected chi connectivity index (χ1v) is 10.9. The lowest BCUT2D eigenvalue weighted by Gasteiger charge is -2.27. The number of aromatic hydroxyl groups is 2. The monoisotopic (exact) mass is 435 g/mol. The first-order valence-electron chi connectivity index (χ1n) is 10.9. The number of methoxy groups -OCH3 is 1. The zero-order valence-corrected chi connectivity index (χ0v) is 18.9. The molecule has 2 aromatic carbocycles. The van der Waals surface area contributed by atoms with Gasteiger partial charge in [0.2, 0.25) is 0 Å². The molecule has 7 heteroatoms. The zero-order chi connectivity index (χ0) is 23.0. The van der Waals surface area contributed by atoms with Crippen molar-refractivity contribution in [1.29, 1.82) is 0 Å². The van der Waals surface area contributed by atoms with Crippen LogP contribution >= 0.6 is 0 Å². The van der Waals surface area contributed by atoms with Crippen molar-refractivity contribution in [2.24, 2.45) is 0 Å². The van der Waals surface area contributed by atoms with E-state index in [1.165, 1.54) is 7.11 Å². The molecule has 168 valence electrons. The van der Waals surface area contributed by atoms with Crippen LogP contribution in [0, 0.1) is 13.8 Å². The van der Waals surface area contributed by atoms with Gasteiger partial charge in [-0.3, -0.25) is 9.89 Å². The molecule has 2 heterocycles. The van der Waals surface area contributed by atoms with Crippen LogP contribution in [0.15, 0.2) is 30.3 Å². The number of hydrogen-bond donors (Lipinski definition) is 3. The highest BCUT2D eigenvalue weighted by Gasteiger charge is 2.42. The molecule has 0 aliphatic carbocycles. The Hall–Kier alpha value is -3.48. The Kier molecular flexibility index (Phi) is 5.82. The van der Waals surface area contributed by atoms with Crippen LogP contribution in [0.2, 0.25) is 0 Å². The molecule has 0 fully saturated rings. The molecule has 0 radical (unpaired) electrons. The maximum atomic E-state index is 13.4. The van der Waals surface area contributed by atoms with E-state index in [1.54, 1.807) is 24.3 Å². The fraction of sp³-hybridized carbons (Fsp3) is 0.360. The Morgan fingerprint density at radius 1 is 1.12 bits per heavy atom. The maximum Gasteiger partial charge on any atom is 0.273 e. The molecule has 1 aliphatic rings. The van der Waals surface area contributed by atoms with Crippen molar-refractivity contribution in [3.63, 3.8) is 0 Å². The van der Waals surface area contributed by atoms with Gasteiger partial charge in [0.25, 0.3) is 5.91 Å². The number of aryl methyl sites for hydroxylation is 2. The van der Waals surface area contributed by atoms with Crippen molar-refractivity contribution in [3.8, 4) is 28.5 Å². The van der Waals surface area contributed by atoms with Crippen molar-refractivity contribution in [2.45, 2.75) is 46.1 Å². The lowest BCUT2D eigenvalue weighted by Crippen LogP contribution is -2.30. The molecule has 1 atom stereocenters. The third-order valence-electron chi connectivity index (χ3n) is 6.08. The Labute approximate surface area is 187 Å². The van der Waals surface area contributed by atoms with Crippen molar-refractivity contribution in [3.05, 3.63) is 58.3 Å². The number of carbonyl (C=O) groups is 1. The van der Waals surface area contributed by atoms with Gasteiger partial charge in [0.1, 0.15) is 17.1 Å². The molecule has 1 aliphatic heterocycles. The van der Waals surface area contributed by atoms with Gasteiger partial charge in [-0.05, 0) is 55.2 Å². The fourth-order valence-electron chi connectivity index (χ4n) is 4.61. The van der Waals surface area contributed by atoms with Crippen LogP contribution in [0.5, 0.6) is 17.2 Å². The van der Waals surface area contributed by atoms with Gasteiger partial charge in [0.15, 0.2) is 11.5 Å². The van der Waals surface area contributed by atoms with Crippen LogP contribution in [-0.4, -0.2) is 44.9 Å². The van der Waals surface area contributed by atoms with E-state index < -0.39 is 6.04 Å². The van der Waals surface area contributed by atoms with Crippen LogP contribution in [0.1, 0.15) is 65.0 Å². The van der Waals surface area contributed by atoms with Gasteiger partial charge >= 0.3 is 0 Å². The Morgan fingerprint density at radius 2 is 1.91 bits per heavy atom. The van der Waals surface area contributed by atoms with Crippen LogP contribution < -0.4 is 4.74 Å². The molecule has 3 aromatic rings. The Balaban J connectivity index is 1.90. The number of nitrogens with zero attached hydrogens (tertiary/aromatic N) is 2. The molecule has 0 spiro atoms. The molecule has 0 saturated heterocycles. The summed E-state index contributed by atoms with van der Waals surface area (Å²) in [5.74, 6) is 0.404. The zero-order valence-electron chi connectivity index (χ0n) is 18.9. The largest absolute Gasteiger partial charge is 0.507 e. The minimum absolute atomic E-state index is 0.0396. The van der Waals surface area contributed by atoms with Crippen molar-refractivity contribution in [1.82, 2.24) is 15.1 Å². The number of H-pyrrole nitrogens is 1. The summed E-state index contributed by atoms with van der Waals surface area (Å²) in [6, 6.07) is 8.43. The van der Waals surface area contributed by atoms with E-state index in [4.69, 9.17) is 4.74 Å². The highest BCUT2D eigenvalue weighted by Crippen LogP contribution is 2.46. The molecule has 7 nitrogen and oxygen atoms in total. The molecular weight excluding hydrogens is 406 g/mol. The summed E-state index contributed by atoms with van der Waals surface area (Å²) in [6.07, 6.45) is 2.95. The minimum Gasteiger partial charge on any atom is -0.507 e. The quantitative estimate of drug-likeness (QED) is 0.461. The summed E-state index contributed by atoms with van der Waals surface area (Å²) < 4.78 is 5.32. The van der Waals surface area contributed by atoms with Crippen LogP contribution in [0.3, 0.4) is 0 Å². The van der Waals surface area contributed by atoms with Crippen molar-refractivity contribution < 1.29 is 19.7 Å². The molecular formula is C25H29N3O4. The Bertz CT molecular complexity index is 1140. The number of phenols is 2. The number of benzene rings is 2. The predicted molar refractivity (Wildman–Crippen MR) is 122 cm³/mol. The van der Waals surface area contributed by atoms with Gasteiger partial charge in [0, 0.05) is 17.7 Å². The van der Waals surface area contributed by atoms with Gasteiger partial charge in [-0.2, -0.15) is 5.10 Å². The summed E-state index contributed by atoms with van der Waals surface area (Å²) in [5, 5.41) is 28.2. The van der Waals surface area contributed by atoms with Crippen molar-refractivity contribution >= 4 is 5.91 Å². The van der Waals surface area contributed by atoms with Crippen LogP contribution in [0.25, 0.3) is 11.3 Å². The lowest BCUT2D eigenvalue weighted by atomic mass is 9.93. The molecule has 0 bridgehead atoms. The third-order valence-corrected chi connectivity index (χ3v) is 6.08. The predicted octanol–water partition coefficient (Wildman–Crippen LogP) is 4.85. The topological polar surface area (TPSA) is 98.7 Å². The van der Waals surface area contributed by atoms with E-state index in [2.05, 4.69) is 17.1 Å². The molecule has 3 N–H and O–H groups in total. The number of nitrogens with one attached hydrogen (secondary N) is 1. The number of phenolic OH excluding ortho intramolecular Hbond substituents is 2. The van der Waals surface area contributed by atoms with Gasteiger partial charge in [-0.1, -0.05) is 31.9 Å². The number of aromatic amines is 1. The number of amides is 1. The molecule has 0 saturated carbocycles. The SMILES string of the molecule is CCCCCN1C(=O)c2[nH]nc(-c3c(C)cc(C)cc3O)c2C1c1ccc(O)c(OC)c1. The highest BCUT2D eigenvalue weighted by atomic mass is 16.5. The van der Waals surface area contributed by atoms with Gasteiger partial charge in [-0.25, -0.2) is 0 Å². The number of hydrogen-bond acceptors (Lipinski definition) is 5. The minimum atomic E-state index is -0.405. The number of ether oxygens (including phenoxy) is 1. The van der Waals surface area contributed by atoms with E-state index in [0.717, 1.165) is 41.5 Å².